The van der Waals surface area contributed by atoms with E-state index >= 15 is 0 Å². The lowest BCUT2D eigenvalue weighted by Gasteiger charge is -2.29. The van der Waals surface area contributed by atoms with Gasteiger partial charge in [-0.2, -0.15) is 0 Å². The third-order valence-corrected chi connectivity index (χ3v) is 8.14. The van der Waals surface area contributed by atoms with Crippen LogP contribution in [0.4, 0.5) is 0 Å². The van der Waals surface area contributed by atoms with E-state index in [0.717, 1.165) is 22.8 Å². The Bertz CT molecular complexity index is 1260. The predicted octanol–water partition coefficient (Wildman–Crippen LogP) is 5.76. The molecule has 1 heterocycles. The predicted molar refractivity (Wildman–Crippen MR) is 133 cm³/mol. The normalized spacial score (nSPS) is 17.2. The summed E-state index contributed by atoms with van der Waals surface area (Å²) in [6.07, 6.45) is 1.19. The van der Waals surface area contributed by atoms with Crippen molar-refractivity contribution in [2.75, 3.05) is 18.1 Å². The van der Waals surface area contributed by atoms with E-state index in [1.165, 1.54) is 0 Å². The number of carbonyl (C=O) groups excluding carboxylic acids is 1. The maximum absolute atomic E-state index is 13.7. The van der Waals surface area contributed by atoms with Gasteiger partial charge in [0.25, 0.3) is 5.91 Å². The van der Waals surface area contributed by atoms with Gasteiger partial charge in [-0.25, -0.2) is 8.42 Å². The number of nitrogens with zero attached hydrogens (tertiary/aromatic N) is 1. The van der Waals surface area contributed by atoms with E-state index in [-0.39, 0.29) is 34.0 Å². The van der Waals surface area contributed by atoms with Crippen molar-refractivity contribution in [3.8, 4) is 5.75 Å². The number of amides is 1. The summed E-state index contributed by atoms with van der Waals surface area (Å²) in [6.45, 7) is 2.71. The van der Waals surface area contributed by atoms with E-state index < -0.39 is 15.9 Å². The van der Waals surface area contributed by atoms with Gasteiger partial charge in [-0.15, -0.1) is 0 Å². The van der Waals surface area contributed by atoms with Crippen LogP contribution >= 0.6 is 23.2 Å². The number of hydrogen-bond donors (Lipinski definition) is 0. The number of carbonyl (C=O) groups is 1. The summed E-state index contributed by atoms with van der Waals surface area (Å²) in [7, 11) is -3.19. The molecule has 0 saturated carbocycles. The van der Waals surface area contributed by atoms with Gasteiger partial charge >= 0.3 is 0 Å². The van der Waals surface area contributed by atoms with Crippen LogP contribution in [-0.2, 0) is 16.4 Å². The molecule has 1 saturated heterocycles. The molecule has 3 aromatic rings. The Hall–Kier alpha value is -2.28. The van der Waals surface area contributed by atoms with E-state index in [1.807, 2.05) is 49.4 Å². The molecule has 0 spiro atoms. The quantitative estimate of drug-likeness (QED) is 0.409. The molecule has 3 aromatic carbocycles. The molecule has 1 aliphatic rings. The SMILES string of the molecule is CCCOc1c(Cl)cc(C(=O)N(Cc2cccc3ccccc23)[C@@H]2CCS(=O)(=O)C2)cc1Cl. The smallest absolute Gasteiger partial charge is 0.254 e. The van der Waals surface area contributed by atoms with Crippen LogP contribution in [-0.4, -0.2) is 43.4 Å². The Morgan fingerprint density at radius 2 is 1.79 bits per heavy atom. The van der Waals surface area contributed by atoms with Gasteiger partial charge in [0, 0.05) is 18.2 Å². The van der Waals surface area contributed by atoms with Gasteiger partial charge in [0.05, 0.1) is 28.2 Å². The summed E-state index contributed by atoms with van der Waals surface area (Å²) >= 11 is 12.8. The zero-order chi connectivity index (χ0) is 23.6. The zero-order valence-corrected chi connectivity index (χ0v) is 20.6. The highest BCUT2D eigenvalue weighted by Gasteiger charge is 2.35. The van der Waals surface area contributed by atoms with Gasteiger partial charge in [-0.3, -0.25) is 4.79 Å². The first-order valence-electron chi connectivity index (χ1n) is 10.9. The second-order valence-electron chi connectivity index (χ2n) is 8.25. The average molecular weight is 506 g/mol. The molecule has 0 aliphatic carbocycles. The molecule has 1 amide bonds. The van der Waals surface area contributed by atoms with Gasteiger partial charge in [-0.1, -0.05) is 72.6 Å². The van der Waals surface area contributed by atoms with Crippen LogP contribution in [0, 0.1) is 0 Å². The van der Waals surface area contributed by atoms with Crippen molar-refractivity contribution in [3.63, 3.8) is 0 Å². The van der Waals surface area contributed by atoms with Crippen LogP contribution < -0.4 is 4.74 Å². The van der Waals surface area contributed by atoms with Crippen LogP contribution in [0.1, 0.15) is 35.7 Å². The topological polar surface area (TPSA) is 63.7 Å². The molecule has 1 atom stereocenters. The minimum absolute atomic E-state index is 0.0529. The van der Waals surface area contributed by atoms with Gasteiger partial charge < -0.3 is 9.64 Å². The van der Waals surface area contributed by atoms with Crippen LogP contribution in [0.5, 0.6) is 5.75 Å². The molecule has 1 fully saturated rings. The number of sulfone groups is 1. The average Bonchev–Trinajstić information content (AvgIpc) is 3.15. The van der Waals surface area contributed by atoms with Crippen molar-refractivity contribution in [2.24, 2.45) is 0 Å². The van der Waals surface area contributed by atoms with Gasteiger partial charge in [0.2, 0.25) is 0 Å². The van der Waals surface area contributed by atoms with E-state index in [2.05, 4.69) is 0 Å². The maximum Gasteiger partial charge on any atom is 0.254 e. The molecule has 8 heteroatoms. The highest BCUT2D eigenvalue weighted by Crippen LogP contribution is 2.35. The highest BCUT2D eigenvalue weighted by atomic mass is 35.5. The molecule has 0 bridgehead atoms. The standard InChI is InChI=1S/C25H25Cl2NO4S/c1-2-11-32-24-22(26)13-19(14-23(24)27)25(29)28(20-10-12-33(30,31)16-20)15-18-8-5-7-17-6-3-4-9-21(17)18/h3-9,13-14,20H,2,10-12,15-16H2,1H3/t20-/m1/s1. The van der Waals surface area contributed by atoms with E-state index in [1.54, 1.807) is 17.0 Å². The number of rotatable bonds is 7. The molecule has 0 aromatic heterocycles. The van der Waals surface area contributed by atoms with Crippen molar-refractivity contribution in [3.05, 3.63) is 75.8 Å². The minimum Gasteiger partial charge on any atom is -0.490 e. The lowest BCUT2D eigenvalue weighted by molar-refractivity contribution is 0.0682. The Morgan fingerprint density at radius 3 is 2.45 bits per heavy atom. The summed E-state index contributed by atoms with van der Waals surface area (Å²) in [4.78, 5) is 15.3. The van der Waals surface area contributed by atoms with Gasteiger partial charge in [0.1, 0.15) is 0 Å². The van der Waals surface area contributed by atoms with Crippen molar-refractivity contribution in [2.45, 2.75) is 32.4 Å². The molecule has 0 radical (unpaired) electrons. The van der Waals surface area contributed by atoms with Crippen LogP contribution in [0.3, 0.4) is 0 Å². The monoisotopic (exact) mass is 505 g/mol. The van der Waals surface area contributed by atoms with Crippen LogP contribution in [0.2, 0.25) is 10.0 Å². The van der Waals surface area contributed by atoms with Crippen molar-refractivity contribution in [1.82, 2.24) is 4.90 Å². The first-order chi connectivity index (χ1) is 15.8. The molecule has 174 valence electrons. The van der Waals surface area contributed by atoms with E-state index in [9.17, 15) is 13.2 Å². The molecule has 1 aliphatic heterocycles. The maximum atomic E-state index is 13.7. The second-order valence-corrected chi connectivity index (χ2v) is 11.3. The van der Waals surface area contributed by atoms with E-state index in [0.29, 0.717) is 24.3 Å². The molecule has 4 rings (SSSR count). The van der Waals surface area contributed by atoms with Crippen LogP contribution in [0.25, 0.3) is 10.8 Å². The van der Waals surface area contributed by atoms with E-state index in [4.69, 9.17) is 27.9 Å². The Balaban J connectivity index is 1.71. The van der Waals surface area contributed by atoms with Crippen molar-refractivity contribution < 1.29 is 17.9 Å². The fourth-order valence-corrected chi connectivity index (χ4v) is 6.52. The zero-order valence-electron chi connectivity index (χ0n) is 18.3. The first kappa shape index (κ1) is 23.9. The van der Waals surface area contributed by atoms with Gasteiger partial charge in [-0.05, 0) is 41.3 Å². The summed E-state index contributed by atoms with van der Waals surface area (Å²) in [5, 5.41) is 2.59. The Morgan fingerprint density at radius 1 is 1.09 bits per heavy atom. The third kappa shape index (κ3) is 5.29. The fraction of sp³-hybridized carbons (Fsp3) is 0.320. The lowest BCUT2D eigenvalue weighted by atomic mass is 10.0. The molecule has 0 unspecified atom stereocenters. The lowest BCUT2D eigenvalue weighted by Crippen LogP contribution is -2.40. The summed E-state index contributed by atoms with van der Waals surface area (Å²) < 4.78 is 30.1. The molecule has 0 N–H and O–H groups in total. The highest BCUT2D eigenvalue weighted by molar-refractivity contribution is 7.91. The molecule has 33 heavy (non-hydrogen) atoms. The van der Waals surface area contributed by atoms with Crippen molar-refractivity contribution >= 4 is 49.7 Å². The second kappa shape index (κ2) is 9.92. The summed E-state index contributed by atoms with van der Waals surface area (Å²) in [5.74, 6) is 0.0574. The number of fused-ring (bicyclic) bond motifs is 1. The van der Waals surface area contributed by atoms with Gasteiger partial charge in [0.15, 0.2) is 15.6 Å². The Labute approximate surface area is 204 Å². The fourth-order valence-electron chi connectivity index (χ4n) is 4.19. The number of hydrogen-bond acceptors (Lipinski definition) is 4. The Kier molecular flexibility index (Phi) is 7.17. The number of ether oxygens (including phenoxy) is 1. The van der Waals surface area contributed by atoms with Crippen LogP contribution in [0.15, 0.2) is 54.6 Å². The minimum atomic E-state index is -3.19. The molecular weight excluding hydrogens is 481 g/mol. The number of benzene rings is 3. The largest absolute Gasteiger partial charge is 0.490 e. The third-order valence-electron chi connectivity index (χ3n) is 5.83. The number of halogens is 2. The molecular formula is C25H25Cl2NO4S. The molecule has 5 nitrogen and oxygen atoms in total. The van der Waals surface area contributed by atoms with Crippen molar-refractivity contribution in [1.29, 1.82) is 0 Å². The summed E-state index contributed by atoms with van der Waals surface area (Å²) in [5.41, 5.74) is 1.25. The first-order valence-corrected chi connectivity index (χ1v) is 13.5. The summed E-state index contributed by atoms with van der Waals surface area (Å²) in [6, 6.07) is 16.5.